The van der Waals surface area contributed by atoms with Gasteiger partial charge in [-0.1, -0.05) is 24.3 Å². The van der Waals surface area contributed by atoms with Crippen LogP contribution in [-0.2, 0) is 23.0 Å². The highest BCUT2D eigenvalue weighted by Crippen LogP contribution is 2.28. The number of ether oxygens (including phenoxy) is 1. The first kappa shape index (κ1) is 19.1. The minimum atomic E-state index is -3.61. The van der Waals surface area contributed by atoms with Gasteiger partial charge in [0.25, 0.3) is 5.69 Å². The summed E-state index contributed by atoms with van der Waals surface area (Å²) in [4.78, 5) is 10.4. The molecule has 29 heavy (non-hydrogen) atoms. The molecule has 0 unspecified atom stereocenters. The minimum absolute atomic E-state index is 0.0260. The van der Waals surface area contributed by atoms with Crippen molar-refractivity contribution in [3.05, 3.63) is 94.0 Å². The highest BCUT2D eigenvalue weighted by atomic mass is 32.2. The third-order valence-electron chi connectivity index (χ3n) is 4.84. The number of rotatable bonds is 5. The molecule has 0 radical (unpaired) electrons. The molecule has 0 amide bonds. The van der Waals surface area contributed by atoms with Gasteiger partial charge in [-0.15, -0.1) is 0 Å². The van der Waals surface area contributed by atoms with Crippen molar-refractivity contribution in [2.75, 3.05) is 6.54 Å². The molecule has 0 aliphatic carbocycles. The van der Waals surface area contributed by atoms with Crippen LogP contribution in [0.3, 0.4) is 0 Å². The maximum Gasteiger partial charge on any atom is 0.269 e. The molecule has 7 nitrogen and oxygen atoms in total. The lowest BCUT2D eigenvalue weighted by Gasteiger charge is -2.28. The molecule has 0 saturated heterocycles. The van der Waals surface area contributed by atoms with Gasteiger partial charge in [-0.3, -0.25) is 10.1 Å². The van der Waals surface area contributed by atoms with E-state index >= 15 is 0 Å². The first-order valence-electron chi connectivity index (χ1n) is 9.03. The van der Waals surface area contributed by atoms with Crippen molar-refractivity contribution >= 4 is 15.7 Å². The van der Waals surface area contributed by atoms with Gasteiger partial charge < -0.3 is 4.74 Å². The van der Waals surface area contributed by atoms with E-state index in [1.54, 1.807) is 12.1 Å². The molecule has 1 aliphatic heterocycles. The van der Waals surface area contributed by atoms with Crippen LogP contribution in [0.5, 0.6) is 11.5 Å². The molecule has 4 rings (SSSR count). The molecule has 0 fully saturated rings. The number of hydrogen-bond donors (Lipinski definition) is 0. The van der Waals surface area contributed by atoms with E-state index in [0.29, 0.717) is 31.0 Å². The topological polar surface area (TPSA) is 89.7 Å². The van der Waals surface area contributed by atoms with Crippen LogP contribution in [0.4, 0.5) is 5.69 Å². The van der Waals surface area contributed by atoms with E-state index in [0.717, 1.165) is 5.56 Å². The monoisotopic (exact) mass is 410 g/mol. The van der Waals surface area contributed by atoms with E-state index < -0.39 is 14.9 Å². The zero-order valence-electron chi connectivity index (χ0n) is 15.4. The first-order valence-corrected chi connectivity index (χ1v) is 10.5. The van der Waals surface area contributed by atoms with E-state index in [-0.39, 0.29) is 10.6 Å². The second-order valence-corrected chi connectivity index (χ2v) is 8.62. The van der Waals surface area contributed by atoms with Crippen LogP contribution < -0.4 is 4.74 Å². The van der Waals surface area contributed by atoms with Gasteiger partial charge in [-0.05, 0) is 53.9 Å². The average molecular weight is 410 g/mol. The van der Waals surface area contributed by atoms with Crippen molar-refractivity contribution in [2.45, 2.75) is 17.9 Å². The first-order chi connectivity index (χ1) is 13.9. The SMILES string of the molecule is O=[N+]([O-])c1ccc(Oc2ccc(S(=O)(=O)N3CCc4ccccc4C3)cc2)cc1. The van der Waals surface area contributed by atoms with Gasteiger partial charge in [0.1, 0.15) is 11.5 Å². The van der Waals surface area contributed by atoms with E-state index in [1.165, 1.54) is 46.3 Å². The Hall–Kier alpha value is -3.23. The summed E-state index contributed by atoms with van der Waals surface area (Å²) in [5.74, 6) is 0.876. The predicted molar refractivity (Wildman–Crippen MR) is 107 cm³/mol. The standard InChI is InChI=1S/C21H18N2O5S/c24-23(25)18-5-7-19(8-6-18)28-20-9-11-21(12-10-20)29(26,27)22-14-13-16-3-1-2-4-17(16)15-22/h1-12H,13-15H2. The quantitative estimate of drug-likeness (QED) is 0.466. The predicted octanol–water partition coefficient (Wildman–Crippen LogP) is 4.13. The summed E-state index contributed by atoms with van der Waals surface area (Å²) < 4.78 is 33.1. The third kappa shape index (κ3) is 3.98. The molecular formula is C21H18N2O5S. The largest absolute Gasteiger partial charge is 0.457 e. The number of hydrogen-bond acceptors (Lipinski definition) is 5. The molecule has 1 heterocycles. The highest BCUT2D eigenvalue weighted by molar-refractivity contribution is 7.89. The summed E-state index contributed by atoms with van der Waals surface area (Å²) in [6.07, 6.45) is 0.691. The molecule has 3 aromatic carbocycles. The molecule has 0 aromatic heterocycles. The highest BCUT2D eigenvalue weighted by Gasteiger charge is 2.28. The molecule has 0 bridgehead atoms. The molecule has 8 heteroatoms. The third-order valence-corrected chi connectivity index (χ3v) is 6.70. The Kier molecular flexibility index (Phi) is 5.04. The number of nitrogens with zero attached hydrogens (tertiary/aromatic N) is 2. The maximum absolute atomic E-state index is 13.0. The van der Waals surface area contributed by atoms with Crippen LogP contribution in [0.15, 0.2) is 77.7 Å². The fourth-order valence-electron chi connectivity index (χ4n) is 3.28. The Morgan fingerprint density at radius 2 is 1.45 bits per heavy atom. The number of sulfonamides is 1. The summed E-state index contributed by atoms with van der Waals surface area (Å²) in [6.45, 7) is 0.806. The van der Waals surface area contributed by atoms with Crippen LogP contribution in [0.25, 0.3) is 0 Å². The van der Waals surface area contributed by atoms with Gasteiger partial charge >= 0.3 is 0 Å². The van der Waals surface area contributed by atoms with Gasteiger partial charge in [-0.2, -0.15) is 4.31 Å². The van der Waals surface area contributed by atoms with Crippen molar-refractivity contribution in [1.29, 1.82) is 0 Å². The smallest absolute Gasteiger partial charge is 0.269 e. The van der Waals surface area contributed by atoms with Gasteiger partial charge in [0.2, 0.25) is 10.0 Å². The Morgan fingerprint density at radius 3 is 2.07 bits per heavy atom. The lowest BCUT2D eigenvalue weighted by Crippen LogP contribution is -2.35. The normalized spacial score (nSPS) is 14.2. The van der Waals surface area contributed by atoms with Gasteiger partial charge in [-0.25, -0.2) is 8.42 Å². The van der Waals surface area contributed by atoms with Crippen molar-refractivity contribution in [2.24, 2.45) is 0 Å². The van der Waals surface area contributed by atoms with E-state index in [9.17, 15) is 18.5 Å². The molecule has 1 aliphatic rings. The van der Waals surface area contributed by atoms with Crippen LogP contribution in [0.1, 0.15) is 11.1 Å². The summed E-state index contributed by atoms with van der Waals surface area (Å²) in [5.41, 5.74) is 2.19. The second kappa shape index (κ2) is 7.65. The fraction of sp³-hybridized carbons (Fsp3) is 0.143. The van der Waals surface area contributed by atoms with Gasteiger partial charge in [0, 0.05) is 25.2 Å². The molecule has 148 valence electrons. The summed E-state index contributed by atoms with van der Waals surface area (Å²) in [5, 5.41) is 10.7. The number of nitro benzene ring substituents is 1. The Morgan fingerprint density at radius 1 is 0.862 bits per heavy atom. The molecule has 0 saturated carbocycles. The Balaban J connectivity index is 1.49. The number of fused-ring (bicyclic) bond motifs is 1. The molecule has 0 N–H and O–H groups in total. The number of nitro groups is 1. The van der Waals surface area contributed by atoms with Crippen molar-refractivity contribution in [1.82, 2.24) is 4.31 Å². The van der Waals surface area contributed by atoms with Crippen LogP contribution in [-0.4, -0.2) is 24.2 Å². The molecule has 0 atom stereocenters. The maximum atomic E-state index is 13.0. The number of benzene rings is 3. The fourth-order valence-corrected chi connectivity index (χ4v) is 4.69. The molecule has 0 spiro atoms. The second-order valence-electron chi connectivity index (χ2n) is 6.68. The Labute approximate surface area is 168 Å². The van der Waals surface area contributed by atoms with E-state index in [1.807, 2.05) is 24.3 Å². The van der Waals surface area contributed by atoms with Crippen molar-refractivity contribution < 1.29 is 18.1 Å². The minimum Gasteiger partial charge on any atom is -0.457 e. The molecule has 3 aromatic rings. The van der Waals surface area contributed by atoms with Gasteiger partial charge in [0.05, 0.1) is 9.82 Å². The Bertz CT molecular complexity index is 1140. The van der Waals surface area contributed by atoms with Crippen LogP contribution in [0.2, 0.25) is 0 Å². The summed E-state index contributed by atoms with van der Waals surface area (Å²) >= 11 is 0. The zero-order valence-corrected chi connectivity index (χ0v) is 16.2. The summed E-state index contributed by atoms with van der Waals surface area (Å²) in [7, 11) is -3.61. The summed E-state index contributed by atoms with van der Waals surface area (Å²) in [6, 6.07) is 19.7. The van der Waals surface area contributed by atoms with Crippen molar-refractivity contribution in [3.8, 4) is 11.5 Å². The number of non-ortho nitro benzene ring substituents is 1. The lowest BCUT2D eigenvalue weighted by molar-refractivity contribution is -0.384. The molecular weight excluding hydrogens is 392 g/mol. The van der Waals surface area contributed by atoms with Gasteiger partial charge in [0.15, 0.2) is 0 Å². The van der Waals surface area contributed by atoms with Crippen LogP contribution in [0, 0.1) is 10.1 Å². The zero-order chi connectivity index (χ0) is 20.4. The van der Waals surface area contributed by atoms with E-state index in [2.05, 4.69) is 0 Å². The van der Waals surface area contributed by atoms with Crippen molar-refractivity contribution in [3.63, 3.8) is 0 Å². The lowest BCUT2D eigenvalue weighted by atomic mass is 10.0. The van der Waals surface area contributed by atoms with E-state index in [4.69, 9.17) is 4.74 Å². The van der Waals surface area contributed by atoms with Crippen LogP contribution >= 0.6 is 0 Å². The average Bonchev–Trinajstić information content (AvgIpc) is 2.74.